The number of nitrogens with one attached hydrogen (secondary N) is 2. The van der Waals surface area contributed by atoms with E-state index in [0.717, 1.165) is 12.1 Å². The summed E-state index contributed by atoms with van der Waals surface area (Å²) in [6, 6.07) is 16.4. The van der Waals surface area contributed by atoms with Crippen molar-refractivity contribution in [3.63, 3.8) is 0 Å². The SMILES string of the molecule is CCOc1ccccc1[C@H]1NC(=O)NC(CN(CC)Cc2ccccc2)=C1C(=O)OC. The minimum Gasteiger partial charge on any atom is -0.494 e. The van der Waals surface area contributed by atoms with Crippen LogP contribution < -0.4 is 15.4 Å². The van der Waals surface area contributed by atoms with Gasteiger partial charge in [-0.05, 0) is 25.1 Å². The number of nitrogens with zero attached hydrogens (tertiary/aromatic N) is 1. The van der Waals surface area contributed by atoms with Crippen molar-refractivity contribution in [2.75, 3.05) is 26.8 Å². The van der Waals surface area contributed by atoms with Gasteiger partial charge < -0.3 is 20.1 Å². The summed E-state index contributed by atoms with van der Waals surface area (Å²) in [4.78, 5) is 27.5. The van der Waals surface area contributed by atoms with E-state index in [4.69, 9.17) is 9.47 Å². The first-order valence-corrected chi connectivity index (χ1v) is 10.4. The maximum Gasteiger partial charge on any atom is 0.338 e. The Morgan fingerprint density at radius 1 is 1.03 bits per heavy atom. The Kier molecular flexibility index (Phi) is 7.67. The van der Waals surface area contributed by atoms with Crippen LogP contribution in [-0.2, 0) is 16.1 Å². The molecule has 1 aliphatic rings. The lowest BCUT2D eigenvalue weighted by Crippen LogP contribution is -2.48. The summed E-state index contributed by atoms with van der Waals surface area (Å²) in [5.41, 5.74) is 2.77. The molecule has 0 unspecified atom stereocenters. The Balaban J connectivity index is 1.99. The first-order chi connectivity index (χ1) is 15.1. The Labute approximate surface area is 183 Å². The number of ether oxygens (including phenoxy) is 2. The van der Waals surface area contributed by atoms with Crippen LogP contribution in [0.4, 0.5) is 4.79 Å². The van der Waals surface area contributed by atoms with Crippen molar-refractivity contribution >= 4 is 12.0 Å². The normalized spacial score (nSPS) is 16.0. The van der Waals surface area contributed by atoms with Gasteiger partial charge in [0.2, 0.25) is 0 Å². The molecule has 0 saturated heterocycles. The molecule has 2 aromatic rings. The average molecular weight is 424 g/mol. The van der Waals surface area contributed by atoms with Gasteiger partial charge in [-0.3, -0.25) is 4.90 Å². The fourth-order valence-corrected chi connectivity index (χ4v) is 3.68. The number of amides is 2. The molecule has 2 aromatic carbocycles. The smallest absolute Gasteiger partial charge is 0.338 e. The second-order valence-electron chi connectivity index (χ2n) is 7.17. The molecule has 0 radical (unpaired) electrons. The van der Waals surface area contributed by atoms with Crippen molar-refractivity contribution in [3.8, 4) is 5.75 Å². The van der Waals surface area contributed by atoms with Gasteiger partial charge in [0.15, 0.2) is 0 Å². The second kappa shape index (κ2) is 10.6. The van der Waals surface area contributed by atoms with E-state index in [1.165, 1.54) is 7.11 Å². The maximum atomic E-state index is 12.8. The number of para-hydroxylation sites is 1. The Morgan fingerprint density at radius 2 is 1.74 bits per heavy atom. The lowest BCUT2D eigenvalue weighted by Gasteiger charge is -2.32. The molecule has 0 aliphatic carbocycles. The Bertz CT molecular complexity index is 943. The molecule has 2 amide bonds. The third kappa shape index (κ3) is 5.44. The van der Waals surface area contributed by atoms with Crippen molar-refractivity contribution in [2.24, 2.45) is 0 Å². The fourth-order valence-electron chi connectivity index (χ4n) is 3.68. The summed E-state index contributed by atoms with van der Waals surface area (Å²) < 4.78 is 10.8. The minimum atomic E-state index is -0.672. The number of benzene rings is 2. The molecular formula is C24H29N3O4. The Hall–Kier alpha value is -3.32. The van der Waals surface area contributed by atoms with Crippen LogP contribution in [0.25, 0.3) is 0 Å². The van der Waals surface area contributed by atoms with Gasteiger partial charge in [0.1, 0.15) is 5.75 Å². The zero-order chi connectivity index (χ0) is 22.2. The quantitative estimate of drug-likeness (QED) is 0.605. The van der Waals surface area contributed by atoms with Crippen molar-refractivity contribution in [1.29, 1.82) is 0 Å². The van der Waals surface area contributed by atoms with Crippen molar-refractivity contribution < 1.29 is 19.1 Å². The van der Waals surface area contributed by atoms with Crippen LogP contribution in [0.2, 0.25) is 0 Å². The molecule has 0 bridgehead atoms. The van der Waals surface area contributed by atoms with E-state index in [2.05, 4.69) is 27.7 Å². The molecule has 0 spiro atoms. The van der Waals surface area contributed by atoms with Crippen LogP contribution in [0.15, 0.2) is 65.9 Å². The highest BCUT2D eigenvalue weighted by atomic mass is 16.5. The summed E-state index contributed by atoms with van der Waals surface area (Å²) in [7, 11) is 1.34. The van der Waals surface area contributed by atoms with Gasteiger partial charge in [-0.1, -0.05) is 55.5 Å². The van der Waals surface area contributed by atoms with Gasteiger partial charge in [-0.25, -0.2) is 9.59 Å². The van der Waals surface area contributed by atoms with Crippen molar-refractivity contribution in [2.45, 2.75) is 26.4 Å². The van der Waals surface area contributed by atoms with Crippen LogP contribution >= 0.6 is 0 Å². The van der Waals surface area contributed by atoms with Crippen molar-refractivity contribution in [3.05, 3.63) is 77.0 Å². The van der Waals surface area contributed by atoms with Gasteiger partial charge in [-0.15, -0.1) is 0 Å². The second-order valence-corrected chi connectivity index (χ2v) is 7.17. The molecule has 164 valence electrons. The maximum absolute atomic E-state index is 12.8. The van der Waals surface area contributed by atoms with Crippen LogP contribution in [0.3, 0.4) is 0 Å². The number of hydrogen-bond donors (Lipinski definition) is 2. The number of hydrogen-bond acceptors (Lipinski definition) is 5. The number of methoxy groups -OCH3 is 1. The third-order valence-corrected chi connectivity index (χ3v) is 5.17. The van der Waals surface area contributed by atoms with E-state index in [1.54, 1.807) is 0 Å². The molecule has 7 nitrogen and oxygen atoms in total. The first-order valence-electron chi connectivity index (χ1n) is 10.4. The van der Waals surface area contributed by atoms with Crippen LogP contribution in [0.1, 0.15) is 31.0 Å². The highest BCUT2D eigenvalue weighted by molar-refractivity contribution is 5.95. The number of carbonyl (C=O) groups is 2. The van der Waals surface area contributed by atoms with Gasteiger partial charge in [-0.2, -0.15) is 0 Å². The highest BCUT2D eigenvalue weighted by Crippen LogP contribution is 2.33. The monoisotopic (exact) mass is 423 g/mol. The molecule has 1 heterocycles. The zero-order valence-electron chi connectivity index (χ0n) is 18.2. The molecule has 31 heavy (non-hydrogen) atoms. The number of urea groups is 1. The highest BCUT2D eigenvalue weighted by Gasteiger charge is 2.35. The van der Waals surface area contributed by atoms with Crippen LogP contribution in [0, 0.1) is 0 Å². The van der Waals surface area contributed by atoms with Crippen LogP contribution in [-0.4, -0.2) is 43.7 Å². The molecule has 0 saturated carbocycles. The number of rotatable bonds is 9. The topological polar surface area (TPSA) is 79.9 Å². The summed E-state index contributed by atoms with van der Waals surface area (Å²) in [6.07, 6.45) is 0. The molecule has 2 N–H and O–H groups in total. The molecular weight excluding hydrogens is 394 g/mol. The number of carbonyl (C=O) groups excluding carboxylic acids is 2. The van der Waals surface area contributed by atoms with Crippen molar-refractivity contribution in [1.82, 2.24) is 15.5 Å². The molecule has 1 atom stereocenters. The van der Waals surface area contributed by atoms with Gasteiger partial charge >= 0.3 is 12.0 Å². The molecule has 3 rings (SSSR count). The summed E-state index contributed by atoms with van der Waals surface area (Å²) in [5, 5.41) is 5.69. The number of likely N-dealkylation sites (N-methyl/N-ethyl adjacent to an activating group) is 1. The fraction of sp³-hybridized carbons (Fsp3) is 0.333. The van der Waals surface area contributed by atoms with Crippen LogP contribution in [0.5, 0.6) is 5.75 Å². The predicted molar refractivity (Wildman–Crippen MR) is 118 cm³/mol. The summed E-state index contributed by atoms with van der Waals surface area (Å²) in [6.45, 7) is 6.25. The lowest BCUT2D eigenvalue weighted by atomic mass is 9.94. The molecule has 7 heteroatoms. The summed E-state index contributed by atoms with van der Waals surface area (Å²) >= 11 is 0. The van der Waals surface area contributed by atoms with E-state index in [1.807, 2.05) is 56.3 Å². The first kappa shape index (κ1) is 22.4. The number of esters is 1. The van der Waals surface area contributed by atoms with E-state index in [9.17, 15) is 9.59 Å². The zero-order valence-corrected chi connectivity index (χ0v) is 18.2. The minimum absolute atomic E-state index is 0.366. The molecule has 0 fully saturated rings. The predicted octanol–water partition coefficient (Wildman–Crippen LogP) is 3.39. The Morgan fingerprint density at radius 3 is 2.42 bits per heavy atom. The standard InChI is InChI=1S/C24H29N3O4/c1-4-27(15-17-11-7-6-8-12-17)16-19-21(23(28)30-3)22(26-24(29)25-19)18-13-9-10-14-20(18)31-5-2/h6-14,22H,4-5,15-16H2,1-3H3,(H2,25,26,29)/t22-/m1/s1. The van der Waals surface area contributed by atoms with Gasteiger partial charge in [0, 0.05) is 24.4 Å². The van der Waals surface area contributed by atoms with Gasteiger partial charge in [0.25, 0.3) is 0 Å². The summed E-state index contributed by atoms with van der Waals surface area (Å²) in [5.74, 6) is 0.129. The molecule has 0 aromatic heterocycles. The van der Waals surface area contributed by atoms with Gasteiger partial charge in [0.05, 0.1) is 25.3 Å². The molecule has 1 aliphatic heterocycles. The van der Waals surface area contributed by atoms with E-state index in [0.29, 0.717) is 42.3 Å². The third-order valence-electron chi connectivity index (χ3n) is 5.17. The van der Waals surface area contributed by atoms with E-state index in [-0.39, 0.29) is 6.03 Å². The largest absolute Gasteiger partial charge is 0.494 e. The van der Waals surface area contributed by atoms with E-state index < -0.39 is 12.0 Å². The average Bonchev–Trinajstić information content (AvgIpc) is 2.79. The lowest BCUT2D eigenvalue weighted by molar-refractivity contribution is -0.136. The van der Waals surface area contributed by atoms with E-state index >= 15 is 0 Å².